The van der Waals surface area contributed by atoms with Crippen LogP contribution < -0.4 is 9.46 Å². The minimum atomic E-state index is -5.51. The van der Waals surface area contributed by atoms with Crippen LogP contribution >= 0.6 is 11.3 Å². The topological polar surface area (TPSA) is 55.4 Å². The lowest BCUT2D eigenvalue weighted by atomic mass is 9.91. The lowest BCUT2D eigenvalue weighted by molar-refractivity contribution is -0.0429. The third-order valence-electron chi connectivity index (χ3n) is 4.91. The second-order valence-electron chi connectivity index (χ2n) is 7.08. The monoisotopic (exact) mass is 453 g/mol. The molecular weight excluding hydrogens is 435 g/mol. The first-order chi connectivity index (χ1) is 14.2. The van der Waals surface area contributed by atoms with Crippen molar-refractivity contribution in [1.82, 2.24) is 0 Å². The molecule has 0 saturated carbocycles. The normalized spacial score (nSPS) is 16.6. The number of benzene rings is 2. The maximum absolute atomic E-state index is 12.8. The van der Waals surface area contributed by atoms with Crippen molar-refractivity contribution in [1.29, 1.82) is 0 Å². The van der Waals surface area contributed by atoms with Crippen molar-refractivity contribution >= 4 is 27.0 Å². The van der Waals surface area contributed by atoms with Crippen molar-refractivity contribution in [3.8, 4) is 16.9 Å². The van der Waals surface area contributed by atoms with Crippen molar-refractivity contribution < 1.29 is 26.3 Å². The SMILES string of the molecule is O=S(=O)(Nc1ccccc1-c1ccc2c(c1)OC[C@H](Cc1cccs1)C2)C(F)(F)F. The van der Waals surface area contributed by atoms with Gasteiger partial charge in [-0.1, -0.05) is 36.4 Å². The average Bonchev–Trinajstić information content (AvgIpc) is 3.20. The summed E-state index contributed by atoms with van der Waals surface area (Å²) in [7, 11) is -5.51. The molecule has 0 spiro atoms. The fourth-order valence-electron chi connectivity index (χ4n) is 3.47. The minimum Gasteiger partial charge on any atom is -0.493 e. The van der Waals surface area contributed by atoms with Crippen LogP contribution in [-0.4, -0.2) is 20.5 Å². The molecule has 0 fully saturated rings. The summed E-state index contributed by atoms with van der Waals surface area (Å²) in [4.78, 5) is 1.30. The molecule has 0 radical (unpaired) electrons. The maximum atomic E-state index is 12.8. The molecule has 0 bridgehead atoms. The summed E-state index contributed by atoms with van der Waals surface area (Å²) in [5, 5.41) is 2.05. The van der Waals surface area contributed by atoms with Gasteiger partial charge in [0.25, 0.3) is 0 Å². The van der Waals surface area contributed by atoms with E-state index in [0.29, 0.717) is 29.4 Å². The Kier molecular flexibility index (Phi) is 5.50. The van der Waals surface area contributed by atoms with Crippen molar-refractivity contribution in [2.75, 3.05) is 11.3 Å². The smallest absolute Gasteiger partial charge is 0.493 e. The van der Waals surface area contributed by atoms with Crippen molar-refractivity contribution in [3.05, 3.63) is 70.4 Å². The van der Waals surface area contributed by atoms with Crippen LogP contribution in [0.1, 0.15) is 10.4 Å². The number of alkyl halides is 3. The lowest BCUT2D eigenvalue weighted by Crippen LogP contribution is -2.30. The van der Waals surface area contributed by atoms with E-state index >= 15 is 0 Å². The molecule has 9 heteroatoms. The van der Waals surface area contributed by atoms with Crippen LogP contribution in [-0.2, 0) is 22.9 Å². The van der Waals surface area contributed by atoms with Gasteiger partial charge in [-0.25, -0.2) is 0 Å². The summed E-state index contributed by atoms with van der Waals surface area (Å²) in [6, 6.07) is 15.5. The molecule has 1 aromatic heterocycles. The van der Waals surface area contributed by atoms with Gasteiger partial charge in [-0.2, -0.15) is 21.6 Å². The Morgan fingerprint density at radius 2 is 1.90 bits per heavy atom. The van der Waals surface area contributed by atoms with Gasteiger partial charge < -0.3 is 4.74 Å². The fraction of sp³-hybridized carbons (Fsp3) is 0.238. The third kappa shape index (κ3) is 4.32. The molecule has 3 aromatic rings. The predicted octanol–water partition coefficient (Wildman–Crippen LogP) is 5.47. The minimum absolute atomic E-state index is 0.138. The van der Waals surface area contributed by atoms with E-state index in [4.69, 9.17) is 4.74 Å². The van der Waals surface area contributed by atoms with Crippen LogP contribution in [0, 0.1) is 5.92 Å². The summed E-state index contributed by atoms with van der Waals surface area (Å²) < 4.78 is 69.0. The van der Waals surface area contributed by atoms with E-state index in [1.165, 1.54) is 17.0 Å². The highest BCUT2D eigenvalue weighted by Gasteiger charge is 2.46. The van der Waals surface area contributed by atoms with Gasteiger partial charge in [0.05, 0.1) is 12.3 Å². The van der Waals surface area contributed by atoms with E-state index in [1.54, 1.807) is 40.3 Å². The standard InChI is InChI=1S/C21H18F3NO3S2/c22-21(23,24)30(26,27)25-19-6-2-1-5-18(19)15-7-8-16-10-14(13-28-20(16)12-15)11-17-4-3-9-29-17/h1-9,12,14,25H,10-11,13H2/t14-/m0/s1. The number of para-hydroxylation sites is 1. The number of ether oxygens (including phenoxy) is 1. The average molecular weight is 454 g/mol. The highest BCUT2D eigenvalue weighted by Crippen LogP contribution is 2.37. The van der Waals surface area contributed by atoms with Gasteiger partial charge in [0.2, 0.25) is 0 Å². The van der Waals surface area contributed by atoms with E-state index < -0.39 is 15.5 Å². The molecule has 2 aromatic carbocycles. The van der Waals surface area contributed by atoms with Gasteiger partial charge in [0.1, 0.15) is 5.75 Å². The maximum Gasteiger partial charge on any atom is 0.516 e. The summed E-state index contributed by atoms with van der Waals surface area (Å²) in [5.41, 5.74) is -3.58. The number of nitrogens with one attached hydrogen (secondary N) is 1. The number of hydrogen-bond acceptors (Lipinski definition) is 4. The van der Waals surface area contributed by atoms with E-state index in [0.717, 1.165) is 18.4 Å². The Balaban J connectivity index is 1.58. The van der Waals surface area contributed by atoms with Crippen LogP contribution in [0.4, 0.5) is 18.9 Å². The van der Waals surface area contributed by atoms with Gasteiger partial charge in [0.15, 0.2) is 0 Å². The molecule has 0 amide bonds. The van der Waals surface area contributed by atoms with Crippen LogP contribution in [0.2, 0.25) is 0 Å². The zero-order chi connectivity index (χ0) is 21.4. The number of anilines is 1. The first kappa shape index (κ1) is 20.7. The van der Waals surface area contributed by atoms with Crippen LogP contribution in [0.15, 0.2) is 60.0 Å². The lowest BCUT2D eigenvalue weighted by Gasteiger charge is -2.26. The highest BCUT2D eigenvalue weighted by atomic mass is 32.2. The number of sulfonamides is 1. The molecule has 1 atom stereocenters. The molecule has 1 aliphatic rings. The van der Waals surface area contributed by atoms with Crippen LogP contribution in [0.3, 0.4) is 0 Å². The number of hydrogen-bond donors (Lipinski definition) is 1. The van der Waals surface area contributed by atoms with Crippen molar-refractivity contribution in [2.45, 2.75) is 18.3 Å². The predicted molar refractivity (Wildman–Crippen MR) is 111 cm³/mol. The zero-order valence-electron chi connectivity index (χ0n) is 15.6. The summed E-state index contributed by atoms with van der Waals surface area (Å²) >= 11 is 1.71. The molecule has 158 valence electrons. The summed E-state index contributed by atoms with van der Waals surface area (Å²) in [6.07, 6.45) is 1.77. The van der Waals surface area contributed by atoms with E-state index in [-0.39, 0.29) is 5.69 Å². The van der Waals surface area contributed by atoms with Gasteiger partial charge in [0, 0.05) is 16.4 Å². The van der Waals surface area contributed by atoms with Gasteiger partial charge in [-0.15, -0.1) is 11.3 Å². The van der Waals surface area contributed by atoms with E-state index in [1.807, 2.05) is 17.5 Å². The Hall–Kier alpha value is -2.52. The van der Waals surface area contributed by atoms with E-state index in [9.17, 15) is 21.6 Å². The first-order valence-electron chi connectivity index (χ1n) is 9.19. The van der Waals surface area contributed by atoms with Gasteiger partial charge in [-0.3, -0.25) is 4.72 Å². The van der Waals surface area contributed by atoms with Gasteiger partial charge in [-0.05, 0) is 47.5 Å². The van der Waals surface area contributed by atoms with E-state index in [2.05, 4.69) is 6.07 Å². The zero-order valence-corrected chi connectivity index (χ0v) is 17.3. The fourth-order valence-corrected chi connectivity index (χ4v) is 4.88. The number of halogens is 3. The van der Waals surface area contributed by atoms with Crippen molar-refractivity contribution in [3.63, 3.8) is 0 Å². The molecule has 30 heavy (non-hydrogen) atoms. The summed E-state index contributed by atoms with van der Waals surface area (Å²) in [6.45, 7) is 0.552. The summed E-state index contributed by atoms with van der Waals surface area (Å²) in [5.74, 6) is 1.02. The number of thiophene rings is 1. The second-order valence-corrected chi connectivity index (χ2v) is 9.79. The molecule has 1 N–H and O–H groups in total. The molecule has 1 aliphatic heterocycles. The number of rotatable bonds is 5. The highest BCUT2D eigenvalue weighted by molar-refractivity contribution is 7.93. The van der Waals surface area contributed by atoms with Crippen LogP contribution in [0.25, 0.3) is 11.1 Å². The molecule has 0 unspecified atom stereocenters. The Bertz CT molecular complexity index is 1140. The van der Waals surface area contributed by atoms with Crippen molar-refractivity contribution in [2.24, 2.45) is 5.92 Å². The molecule has 0 aliphatic carbocycles. The number of fused-ring (bicyclic) bond motifs is 1. The molecule has 4 rings (SSSR count). The molecular formula is C21H18F3NO3S2. The quantitative estimate of drug-likeness (QED) is 0.557. The second kappa shape index (κ2) is 7.96. The molecule has 4 nitrogen and oxygen atoms in total. The first-order valence-corrected chi connectivity index (χ1v) is 11.6. The molecule has 0 saturated heterocycles. The Morgan fingerprint density at radius 3 is 2.63 bits per heavy atom. The third-order valence-corrected chi connectivity index (χ3v) is 6.90. The largest absolute Gasteiger partial charge is 0.516 e. The Labute approximate surface area is 176 Å². The molecule has 2 heterocycles. The van der Waals surface area contributed by atoms with Gasteiger partial charge >= 0.3 is 15.5 Å². The Morgan fingerprint density at radius 1 is 1.10 bits per heavy atom. The van der Waals surface area contributed by atoms with Crippen LogP contribution in [0.5, 0.6) is 5.75 Å².